The normalized spacial score (nSPS) is 24.9. The van der Waals surface area contributed by atoms with Crippen LogP contribution in [0.25, 0.3) is 11.2 Å². The molecule has 6 N–H and O–H groups in total. The van der Waals surface area contributed by atoms with Gasteiger partial charge in [-0.15, -0.1) is 0 Å². The number of hydrogen-bond donors (Lipinski definition) is 5. The molecule has 5 atom stereocenters. The van der Waals surface area contributed by atoms with Crippen molar-refractivity contribution in [3.05, 3.63) is 12.7 Å². The maximum Gasteiger partial charge on any atom is 0.320 e. The predicted molar refractivity (Wildman–Crippen MR) is 112 cm³/mol. The van der Waals surface area contributed by atoms with Crippen molar-refractivity contribution in [1.29, 1.82) is 0 Å². The number of aliphatic carboxylic acids is 1. The first-order chi connectivity index (χ1) is 14.4. The molecule has 166 valence electrons. The molecule has 1 aliphatic rings. The number of hydrogen-bond acceptors (Lipinski definition) is 10. The van der Waals surface area contributed by atoms with E-state index in [1.807, 2.05) is 0 Å². The number of aromatic nitrogens is 4. The highest BCUT2D eigenvalue weighted by Gasteiger charge is 2.44. The van der Waals surface area contributed by atoms with E-state index in [9.17, 15) is 15.0 Å². The van der Waals surface area contributed by atoms with Gasteiger partial charge in [-0.2, -0.15) is 11.8 Å². The fourth-order valence-corrected chi connectivity index (χ4v) is 4.28. The standard InChI is InChI=1S/C18H28N6O5S/c1-2-3-5-20-15-12-16(22-8-21-15)24(9-23-12)17-14(26)13(25)11(29-17)7-30-6-4-10(19)18(27)28/h8-11,13-14,17,25-26H,2-7,19H2,1H3,(H,27,28)(H,20,21,22). The molecular weight excluding hydrogens is 412 g/mol. The van der Waals surface area contributed by atoms with E-state index >= 15 is 0 Å². The summed E-state index contributed by atoms with van der Waals surface area (Å²) in [6.07, 6.45) is 1.62. The first-order valence-electron chi connectivity index (χ1n) is 9.93. The number of nitrogens with zero attached hydrogens (tertiary/aromatic N) is 4. The number of aliphatic hydroxyl groups is 2. The van der Waals surface area contributed by atoms with Crippen molar-refractivity contribution in [2.45, 2.75) is 56.8 Å². The van der Waals surface area contributed by atoms with Gasteiger partial charge in [-0.1, -0.05) is 13.3 Å². The van der Waals surface area contributed by atoms with E-state index in [0.29, 0.717) is 34.9 Å². The van der Waals surface area contributed by atoms with E-state index < -0.39 is 36.6 Å². The van der Waals surface area contributed by atoms with Gasteiger partial charge in [0.15, 0.2) is 23.2 Å². The van der Waals surface area contributed by atoms with Crippen molar-refractivity contribution >= 4 is 34.7 Å². The van der Waals surface area contributed by atoms with Crippen molar-refractivity contribution < 1.29 is 24.9 Å². The first kappa shape index (κ1) is 22.7. The molecule has 5 unspecified atom stereocenters. The number of anilines is 1. The molecule has 1 aliphatic heterocycles. The third-order valence-corrected chi connectivity index (χ3v) is 6.05. The second-order valence-corrected chi connectivity index (χ2v) is 8.33. The van der Waals surface area contributed by atoms with E-state index in [4.69, 9.17) is 15.6 Å². The molecule has 0 aromatic carbocycles. The van der Waals surface area contributed by atoms with E-state index in [1.54, 1.807) is 4.57 Å². The summed E-state index contributed by atoms with van der Waals surface area (Å²) in [6.45, 7) is 2.87. The minimum absolute atomic E-state index is 0.311. The average Bonchev–Trinajstić information content (AvgIpc) is 3.27. The third-order valence-electron chi connectivity index (χ3n) is 4.97. The minimum atomic E-state index is -1.15. The van der Waals surface area contributed by atoms with Crippen LogP contribution in [0.5, 0.6) is 0 Å². The number of nitrogens with two attached hydrogens (primary N) is 1. The van der Waals surface area contributed by atoms with Gasteiger partial charge < -0.3 is 31.1 Å². The van der Waals surface area contributed by atoms with Gasteiger partial charge in [-0.05, 0) is 18.6 Å². The van der Waals surface area contributed by atoms with Crippen LogP contribution in [0.2, 0.25) is 0 Å². The van der Waals surface area contributed by atoms with Crippen LogP contribution in [-0.2, 0) is 9.53 Å². The van der Waals surface area contributed by atoms with Gasteiger partial charge in [0.25, 0.3) is 0 Å². The summed E-state index contributed by atoms with van der Waals surface area (Å²) in [5.74, 6) is 0.476. The Morgan fingerprint density at radius 1 is 1.37 bits per heavy atom. The summed E-state index contributed by atoms with van der Waals surface area (Å²) in [7, 11) is 0. The Morgan fingerprint density at radius 3 is 2.90 bits per heavy atom. The molecule has 0 radical (unpaired) electrons. The van der Waals surface area contributed by atoms with E-state index in [2.05, 4.69) is 27.2 Å². The van der Waals surface area contributed by atoms with Crippen molar-refractivity contribution in [2.75, 3.05) is 23.4 Å². The number of aliphatic hydroxyl groups excluding tert-OH is 2. The van der Waals surface area contributed by atoms with Crippen LogP contribution < -0.4 is 11.1 Å². The Bertz CT molecular complexity index is 852. The molecule has 12 heteroatoms. The van der Waals surface area contributed by atoms with Crippen molar-refractivity contribution in [3.8, 4) is 0 Å². The fourth-order valence-electron chi connectivity index (χ4n) is 3.18. The van der Waals surface area contributed by atoms with Crippen molar-refractivity contribution in [1.82, 2.24) is 19.5 Å². The van der Waals surface area contributed by atoms with Crippen LogP contribution in [0.1, 0.15) is 32.4 Å². The number of carboxylic acid groups (broad SMARTS) is 1. The number of nitrogens with one attached hydrogen (secondary N) is 1. The second kappa shape index (κ2) is 10.4. The van der Waals surface area contributed by atoms with Crippen LogP contribution in [0.3, 0.4) is 0 Å². The molecule has 0 saturated carbocycles. The van der Waals surface area contributed by atoms with Gasteiger partial charge >= 0.3 is 5.97 Å². The molecule has 2 aromatic heterocycles. The molecule has 0 bridgehead atoms. The molecule has 0 spiro atoms. The number of unbranched alkanes of at least 4 members (excludes halogenated alkanes) is 1. The van der Waals surface area contributed by atoms with Gasteiger partial charge in [0.05, 0.1) is 12.4 Å². The number of carbonyl (C=O) groups is 1. The smallest absolute Gasteiger partial charge is 0.320 e. The maximum atomic E-state index is 10.8. The number of fused-ring (bicyclic) bond motifs is 1. The molecule has 3 rings (SSSR count). The summed E-state index contributed by atoms with van der Waals surface area (Å²) in [5.41, 5.74) is 6.56. The van der Waals surface area contributed by atoms with Crippen LogP contribution >= 0.6 is 11.8 Å². The Hall–Kier alpha value is -1.99. The Balaban J connectivity index is 1.65. The SMILES string of the molecule is CCCCNc1ncnc2c1ncn2C1OC(CSCCC(N)C(=O)O)C(O)C1O. The van der Waals surface area contributed by atoms with Crippen LogP contribution in [0.15, 0.2) is 12.7 Å². The minimum Gasteiger partial charge on any atom is -0.480 e. The Morgan fingerprint density at radius 2 is 2.17 bits per heavy atom. The van der Waals surface area contributed by atoms with E-state index in [1.165, 1.54) is 24.4 Å². The van der Waals surface area contributed by atoms with Gasteiger partial charge in [-0.3, -0.25) is 9.36 Å². The average molecular weight is 441 g/mol. The lowest BCUT2D eigenvalue weighted by atomic mass is 10.1. The van der Waals surface area contributed by atoms with Crippen LogP contribution in [0, 0.1) is 0 Å². The largest absolute Gasteiger partial charge is 0.480 e. The lowest BCUT2D eigenvalue weighted by Crippen LogP contribution is -2.33. The van der Waals surface area contributed by atoms with Crippen molar-refractivity contribution in [3.63, 3.8) is 0 Å². The zero-order chi connectivity index (χ0) is 21.7. The zero-order valence-electron chi connectivity index (χ0n) is 16.7. The first-order valence-corrected chi connectivity index (χ1v) is 11.1. The van der Waals surface area contributed by atoms with Crippen LogP contribution in [0.4, 0.5) is 5.82 Å². The highest BCUT2D eigenvalue weighted by Crippen LogP contribution is 2.33. The number of imidazole rings is 1. The quantitative estimate of drug-likeness (QED) is 0.302. The van der Waals surface area contributed by atoms with Gasteiger partial charge in [0.2, 0.25) is 0 Å². The fraction of sp³-hybridized carbons (Fsp3) is 0.667. The summed E-state index contributed by atoms with van der Waals surface area (Å²) < 4.78 is 7.50. The highest BCUT2D eigenvalue weighted by atomic mass is 32.2. The summed E-state index contributed by atoms with van der Waals surface area (Å²) in [5, 5.41) is 33.0. The number of rotatable bonds is 11. The monoisotopic (exact) mass is 440 g/mol. The Kier molecular flexibility index (Phi) is 7.83. The van der Waals surface area contributed by atoms with Crippen LogP contribution in [-0.4, -0.2) is 83.2 Å². The summed E-state index contributed by atoms with van der Waals surface area (Å²) >= 11 is 1.42. The molecule has 3 heterocycles. The lowest BCUT2D eigenvalue weighted by molar-refractivity contribution is -0.138. The molecule has 30 heavy (non-hydrogen) atoms. The number of carboxylic acids is 1. The van der Waals surface area contributed by atoms with Gasteiger partial charge in [0.1, 0.15) is 24.6 Å². The van der Waals surface area contributed by atoms with Gasteiger partial charge in [-0.25, -0.2) is 15.0 Å². The summed E-state index contributed by atoms with van der Waals surface area (Å²) in [4.78, 5) is 23.6. The van der Waals surface area contributed by atoms with E-state index in [-0.39, 0.29) is 0 Å². The van der Waals surface area contributed by atoms with Crippen molar-refractivity contribution in [2.24, 2.45) is 5.73 Å². The number of thioether (sulfide) groups is 1. The zero-order valence-corrected chi connectivity index (χ0v) is 17.5. The molecule has 2 aromatic rings. The third kappa shape index (κ3) is 5.01. The van der Waals surface area contributed by atoms with Gasteiger partial charge in [0, 0.05) is 12.3 Å². The lowest BCUT2D eigenvalue weighted by Gasteiger charge is -2.16. The summed E-state index contributed by atoms with van der Waals surface area (Å²) in [6, 6.07) is -0.914. The molecule has 1 saturated heterocycles. The molecule has 11 nitrogen and oxygen atoms in total. The topological polar surface area (TPSA) is 169 Å². The second-order valence-electron chi connectivity index (χ2n) is 7.18. The molecular formula is C18H28N6O5S. The predicted octanol–water partition coefficient (Wildman–Crippen LogP) is 0.193. The maximum absolute atomic E-state index is 10.8. The Labute approximate surface area is 178 Å². The molecule has 0 aliphatic carbocycles. The molecule has 1 fully saturated rings. The molecule has 0 amide bonds. The highest BCUT2D eigenvalue weighted by molar-refractivity contribution is 7.99. The van der Waals surface area contributed by atoms with E-state index in [0.717, 1.165) is 19.4 Å². The number of ether oxygens (including phenoxy) is 1.